The van der Waals surface area contributed by atoms with Gasteiger partial charge in [-0.15, -0.1) is 0 Å². The average Bonchev–Trinajstić information content (AvgIpc) is 3.18. The van der Waals surface area contributed by atoms with Gasteiger partial charge in [-0.05, 0) is 37.1 Å². The maximum Gasteiger partial charge on any atom is 0.325 e. The summed E-state index contributed by atoms with van der Waals surface area (Å²) in [6, 6.07) is 6.96. The molecule has 0 bridgehead atoms. The number of hydrogen-bond donors (Lipinski definition) is 1. The minimum atomic E-state index is -0.153. The molecule has 1 aromatic carbocycles. The third-order valence-electron chi connectivity index (χ3n) is 4.12. The first-order valence-corrected chi connectivity index (χ1v) is 8.21. The molecule has 3 amide bonds. The zero-order valence-corrected chi connectivity index (χ0v) is 13.6. The first-order valence-electron chi connectivity index (χ1n) is 7.84. The number of carbonyl (C=O) groups is 2. The van der Waals surface area contributed by atoms with Crippen LogP contribution in [-0.4, -0.2) is 55.7 Å². The second-order valence-electron chi connectivity index (χ2n) is 5.77. The molecule has 2 saturated heterocycles. The molecule has 124 valence electrons. The first-order chi connectivity index (χ1) is 11.1. The molecule has 2 heterocycles. The quantitative estimate of drug-likeness (QED) is 0.892. The van der Waals surface area contributed by atoms with Gasteiger partial charge in [0, 0.05) is 37.0 Å². The minimum Gasteiger partial charge on any atom is -0.376 e. The molecule has 1 N–H and O–H groups in total. The molecule has 7 heteroatoms. The van der Waals surface area contributed by atoms with E-state index in [-0.39, 0.29) is 24.6 Å². The average molecular weight is 338 g/mol. The number of carbonyl (C=O) groups excluding carboxylic acids is 2. The summed E-state index contributed by atoms with van der Waals surface area (Å²) in [5.41, 5.74) is 0.793. The molecule has 3 rings (SSSR count). The highest BCUT2D eigenvalue weighted by Gasteiger charge is 2.30. The lowest BCUT2D eigenvalue weighted by Crippen LogP contribution is -2.42. The second kappa shape index (κ2) is 7.19. The standard InChI is InChI=1S/C16H20ClN3O3/c17-12-3-5-13(6-4-12)20-8-7-19(16(20)22)11-15(21)18-10-14-2-1-9-23-14/h3-6,14H,1-2,7-11H2,(H,18,21)/t14-/m0/s1. The predicted molar refractivity (Wildman–Crippen MR) is 87.8 cm³/mol. The van der Waals surface area contributed by atoms with E-state index in [1.807, 2.05) is 0 Å². The Morgan fingerprint density at radius 1 is 1.30 bits per heavy atom. The van der Waals surface area contributed by atoms with E-state index in [0.717, 1.165) is 25.1 Å². The van der Waals surface area contributed by atoms with Crippen molar-refractivity contribution in [2.24, 2.45) is 0 Å². The number of benzene rings is 1. The van der Waals surface area contributed by atoms with E-state index >= 15 is 0 Å². The summed E-state index contributed by atoms with van der Waals surface area (Å²) in [7, 11) is 0. The van der Waals surface area contributed by atoms with Crippen LogP contribution >= 0.6 is 11.6 Å². The van der Waals surface area contributed by atoms with E-state index in [9.17, 15) is 9.59 Å². The summed E-state index contributed by atoms with van der Waals surface area (Å²) in [4.78, 5) is 27.6. The van der Waals surface area contributed by atoms with Crippen LogP contribution in [0.3, 0.4) is 0 Å². The Hall–Kier alpha value is -1.79. The molecule has 6 nitrogen and oxygen atoms in total. The Kier molecular flexibility index (Phi) is 5.03. The van der Waals surface area contributed by atoms with Crippen LogP contribution in [-0.2, 0) is 9.53 Å². The van der Waals surface area contributed by atoms with Crippen LogP contribution < -0.4 is 10.2 Å². The topological polar surface area (TPSA) is 61.9 Å². The number of halogens is 1. The van der Waals surface area contributed by atoms with Gasteiger partial charge in [0.15, 0.2) is 0 Å². The molecule has 0 aromatic heterocycles. The van der Waals surface area contributed by atoms with Gasteiger partial charge in [0.2, 0.25) is 5.91 Å². The first kappa shape index (κ1) is 16.1. The fraction of sp³-hybridized carbons (Fsp3) is 0.500. The zero-order valence-electron chi connectivity index (χ0n) is 12.8. The fourth-order valence-corrected chi connectivity index (χ4v) is 2.98. The van der Waals surface area contributed by atoms with Crippen molar-refractivity contribution in [3.63, 3.8) is 0 Å². The van der Waals surface area contributed by atoms with Crippen LogP contribution in [0.25, 0.3) is 0 Å². The summed E-state index contributed by atoms with van der Waals surface area (Å²) in [6.07, 6.45) is 2.13. The monoisotopic (exact) mass is 337 g/mol. The summed E-state index contributed by atoms with van der Waals surface area (Å²) < 4.78 is 5.46. The second-order valence-corrected chi connectivity index (χ2v) is 6.21. The Morgan fingerprint density at radius 3 is 2.78 bits per heavy atom. The van der Waals surface area contributed by atoms with E-state index in [1.165, 1.54) is 0 Å². The number of nitrogens with one attached hydrogen (secondary N) is 1. The maximum absolute atomic E-state index is 12.4. The van der Waals surface area contributed by atoms with Gasteiger partial charge >= 0.3 is 6.03 Å². The van der Waals surface area contributed by atoms with Crippen LogP contribution in [0, 0.1) is 0 Å². The smallest absolute Gasteiger partial charge is 0.325 e. The van der Waals surface area contributed by atoms with Gasteiger partial charge in [-0.25, -0.2) is 4.79 Å². The van der Waals surface area contributed by atoms with Gasteiger partial charge in [-0.1, -0.05) is 11.6 Å². The number of rotatable bonds is 5. The van der Waals surface area contributed by atoms with Gasteiger partial charge in [0.1, 0.15) is 6.54 Å². The molecule has 2 aliphatic rings. The number of hydrogen-bond acceptors (Lipinski definition) is 3. The van der Waals surface area contributed by atoms with Gasteiger partial charge in [-0.2, -0.15) is 0 Å². The Bertz CT molecular complexity index is 572. The largest absolute Gasteiger partial charge is 0.376 e. The van der Waals surface area contributed by atoms with Gasteiger partial charge in [0.05, 0.1) is 6.10 Å². The SMILES string of the molecule is O=C(CN1CCN(c2ccc(Cl)cc2)C1=O)NC[C@@H]1CCCO1. The molecular formula is C16H20ClN3O3. The fourth-order valence-electron chi connectivity index (χ4n) is 2.85. The molecule has 23 heavy (non-hydrogen) atoms. The Balaban J connectivity index is 1.50. The van der Waals surface area contributed by atoms with Crippen molar-refractivity contribution < 1.29 is 14.3 Å². The molecule has 0 saturated carbocycles. The molecule has 2 aliphatic heterocycles. The normalized spacial score (nSPS) is 21.1. The third kappa shape index (κ3) is 3.95. The number of amides is 3. The van der Waals surface area contributed by atoms with Crippen molar-refractivity contribution in [2.75, 3.05) is 37.7 Å². The third-order valence-corrected chi connectivity index (χ3v) is 4.37. The molecule has 0 radical (unpaired) electrons. The van der Waals surface area contributed by atoms with E-state index in [2.05, 4.69) is 5.32 Å². The van der Waals surface area contributed by atoms with Crippen LogP contribution in [0.2, 0.25) is 5.02 Å². The van der Waals surface area contributed by atoms with Crippen molar-refractivity contribution in [3.8, 4) is 0 Å². The summed E-state index contributed by atoms with van der Waals surface area (Å²) >= 11 is 5.86. The van der Waals surface area contributed by atoms with Gasteiger partial charge < -0.3 is 15.0 Å². The molecule has 2 fully saturated rings. The molecule has 1 aromatic rings. The van der Waals surface area contributed by atoms with E-state index < -0.39 is 0 Å². The Labute approximate surface area is 140 Å². The number of ether oxygens (including phenoxy) is 1. The van der Waals surface area contributed by atoms with Crippen LogP contribution in [0.1, 0.15) is 12.8 Å². The van der Waals surface area contributed by atoms with Gasteiger partial charge in [0.25, 0.3) is 0 Å². The van der Waals surface area contributed by atoms with Crippen molar-refractivity contribution >= 4 is 29.2 Å². The lowest BCUT2D eigenvalue weighted by molar-refractivity contribution is -0.122. The number of urea groups is 1. The van der Waals surface area contributed by atoms with Crippen molar-refractivity contribution in [1.29, 1.82) is 0 Å². The Morgan fingerprint density at radius 2 is 2.09 bits per heavy atom. The minimum absolute atomic E-state index is 0.0790. The van der Waals surface area contributed by atoms with E-state index in [0.29, 0.717) is 24.7 Å². The highest BCUT2D eigenvalue weighted by Crippen LogP contribution is 2.22. The lowest BCUT2D eigenvalue weighted by atomic mass is 10.2. The molecular weight excluding hydrogens is 318 g/mol. The van der Waals surface area contributed by atoms with Crippen LogP contribution in [0.5, 0.6) is 0 Å². The number of anilines is 1. The van der Waals surface area contributed by atoms with Crippen molar-refractivity contribution in [2.45, 2.75) is 18.9 Å². The highest BCUT2D eigenvalue weighted by molar-refractivity contribution is 6.30. The van der Waals surface area contributed by atoms with Gasteiger partial charge in [-0.3, -0.25) is 9.69 Å². The molecule has 1 atom stereocenters. The predicted octanol–water partition coefficient (Wildman–Crippen LogP) is 1.88. The van der Waals surface area contributed by atoms with E-state index in [1.54, 1.807) is 34.1 Å². The van der Waals surface area contributed by atoms with Crippen molar-refractivity contribution in [3.05, 3.63) is 29.3 Å². The van der Waals surface area contributed by atoms with Crippen LogP contribution in [0.4, 0.5) is 10.5 Å². The lowest BCUT2D eigenvalue weighted by Gasteiger charge is -2.19. The summed E-state index contributed by atoms with van der Waals surface area (Å²) in [6.45, 7) is 2.47. The highest BCUT2D eigenvalue weighted by atomic mass is 35.5. The molecule has 0 spiro atoms. The maximum atomic E-state index is 12.4. The summed E-state index contributed by atoms with van der Waals surface area (Å²) in [5.74, 6) is -0.146. The molecule has 0 aliphatic carbocycles. The zero-order chi connectivity index (χ0) is 16.2. The van der Waals surface area contributed by atoms with Crippen molar-refractivity contribution in [1.82, 2.24) is 10.2 Å². The van der Waals surface area contributed by atoms with Crippen LogP contribution in [0.15, 0.2) is 24.3 Å². The number of nitrogens with zero attached hydrogens (tertiary/aromatic N) is 2. The molecule has 0 unspecified atom stereocenters. The van der Waals surface area contributed by atoms with E-state index in [4.69, 9.17) is 16.3 Å². The summed E-state index contributed by atoms with van der Waals surface area (Å²) in [5, 5.41) is 3.47.